The van der Waals surface area contributed by atoms with Gasteiger partial charge in [-0.25, -0.2) is 0 Å². The Morgan fingerprint density at radius 1 is 1.17 bits per heavy atom. The molecule has 1 aromatic heterocycles. The molecule has 30 heavy (non-hydrogen) atoms. The Morgan fingerprint density at radius 3 is 2.70 bits per heavy atom. The first kappa shape index (κ1) is 19.4. The number of amides is 2. The lowest BCUT2D eigenvalue weighted by Crippen LogP contribution is -2.38. The fraction of sp³-hybridized carbons (Fsp3) is 0.174. The normalized spacial score (nSPS) is 13.0. The molecule has 2 heterocycles. The summed E-state index contributed by atoms with van der Waals surface area (Å²) >= 11 is 0. The van der Waals surface area contributed by atoms with E-state index in [1.54, 1.807) is 36.4 Å². The number of aryl methyl sites for hydroxylation is 2. The molecule has 0 aliphatic carbocycles. The maximum absolute atomic E-state index is 12.7. The quantitative estimate of drug-likeness (QED) is 0.672. The Bertz CT molecular complexity index is 1260. The van der Waals surface area contributed by atoms with Gasteiger partial charge in [-0.3, -0.25) is 14.4 Å². The van der Waals surface area contributed by atoms with Crippen molar-refractivity contribution in [1.29, 1.82) is 0 Å². The molecule has 7 nitrogen and oxygen atoms in total. The van der Waals surface area contributed by atoms with Gasteiger partial charge < -0.3 is 19.4 Å². The number of nitrogens with zero attached hydrogens (tertiary/aromatic N) is 1. The number of benzene rings is 2. The monoisotopic (exact) mass is 404 g/mol. The van der Waals surface area contributed by atoms with E-state index in [9.17, 15) is 14.4 Å². The van der Waals surface area contributed by atoms with Gasteiger partial charge in [0.2, 0.25) is 0 Å². The maximum atomic E-state index is 12.7. The molecule has 0 fully saturated rings. The molecular formula is C23H20N2O5. The average molecular weight is 404 g/mol. The summed E-state index contributed by atoms with van der Waals surface area (Å²) in [5.74, 6) is -0.316. The topological polar surface area (TPSA) is 88.9 Å². The first-order chi connectivity index (χ1) is 14.4. The molecule has 0 bridgehead atoms. The molecule has 2 aromatic carbocycles. The number of hydrogen-bond acceptors (Lipinski definition) is 5. The summed E-state index contributed by atoms with van der Waals surface area (Å²) in [5, 5.41) is 3.14. The third-order valence-corrected chi connectivity index (χ3v) is 5.04. The molecule has 3 aromatic rings. The number of rotatable bonds is 4. The lowest BCUT2D eigenvalue weighted by molar-refractivity contribution is -0.121. The molecule has 0 radical (unpaired) electrons. The van der Waals surface area contributed by atoms with Crippen molar-refractivity contribution in [2.45, 2.75) is 13.8 Å². The molecule has 0 saturated carbocycles. The van der Waals surface area contributed by atoms with Crippen molar-refractivity contribution in [3.05, 3.63) is 76.2 Å². The summed E-state index contributed by atoms with van der Waals surface area (Å²) in [6.45, 7) is 7.77. The number of ether oxygens (including phenoxy) is 1. The lowest BCUT2D eigenvalue weighted by atomic mass is 10.1. The van der Waals surface area contributed by atoms with Crippen LogP contribution in [0.5, 0.6) is 5.75 Å². The molecule has 1 aliphatic heterocycles. The summed E-state index contributed by atoms with van der Waals surface area (Å²) in [5.41, 5.74) is 2.99. The van der Waals surface area contributed by atoms with Crippen LogP contribution in [-0.4, -0.2) is 25.0 Å². The number of carbonyl (C=O) groups is 2. The second-order valence-electron chi connectivity index (χ2n) is 7.13. The van der Waals surface area contributed by atoms with E-state index in [2.05, 4.69) is 11.9 Å². The smallest absolute Gasteiger partial charge is 0.291 e. The molecule has 1 N–H and O–H groups in total. The van der Waals surface area contributed by atoms with Crippen molar-refractivity contribution < 1.29 is 18.7 Å². The molecule has 7 heteroatoms. The highest BCUT2D eigenvalue weighted by Gasteiger charge is 2.25. The van der Waals surface area contributed by atoms with Crippen molar-refractivity contribution in [2.75, 3.05) is 23.4 Å². The highest BCUT2D eigenvalue weighted by molar-refractivity contribution is 6.04. The van der Waals surface area contributed by atoms with Gasteiger partial charge in [-0.05, 0) is 55.3 Å². The van der Waals surface area contributed by atoms with Gasteiger partial charge in [0.15, 0.2) is 17.8 Å². The van der Waals surface area contributed by atoms with E-state index in [1.165, 1.54) is 11.0 Å². The number of anilines is 2. The minimum absolute atomic E-state index is 0.0479. The van der Waals surface area contributed by atoms with Gasteiger partial charge in [0.25, 0.3) is 11.8 Å². The summed E-state index contributed by atoms with van der Waals surface area (Å²) in [7, 11) is 0. The van der Waals surface area contributed by atoms with Crippen LogP contribution in [0, 0.1) is 13.8 Å². The number of nitrogens with one attached hydrogen (secondary N) is 1. The van der Waals surface area contributed by atoms with Crippen molar-refractivity contribution in [3.8, 4) is 5.75 Å². The highest BCUT2D eigenvalue weighted by Crippen LogP contribution is 2.34. The van der Waals surface area contributed by atoms with Crippen molar-refractivity contribution in [3.63, 3.8) is 0 Å². The Labute approximate surface area is 172 Å². The summed E-state index contributed by atoms with van der Waals surface area (Å²) in [6, 6.07) is 9.66. The van der Waals surface area contributed by atoms with E-state index in [4.69, 9.17) is 9.15 Å². The largest absolute Gasteiger partial charge is 0.482 e. The van der Waals surface area contributed by atoms with E-state index in [-0.39, 0.29) is 23.7 Å². The van der Waals surface area contributed by atoms with Gasteiger partial charge in [-0.1, -0.05) is 6.08 Å². The summed E-state index contributed by atoms with van der Waals surface area (Å²) in [4.78, 5) is 38.8. The van der Waals surface area contributed by atoms with Gasteiger partial charge >= 0.3 is 0 Å². The molecular weight excluding hydrogens is 384 g/mol. The predicted octanol–water partition coefficient (Wildman–Crippen LogP) is 3.57. The zero-order valence-corrected chi connectivity index (χ0v) is 16.7. The van der Waals surface area contributed by atoms with Crippen LogP contribution in [0.25, 0.3) is 11.0 Å². The van der Waals surface area contributed by atoms with Gasteiger partial charge in [0.1, 0.15) is 11.3 Å². The van der Waals surface area contributed by atoms with E-state index >= 15 is 0 Å². The van der Waals surface area contributed by atoms with E-state index in [0.717, 1.165) is 11.1 Å². The van der Waals surface area contributed by atoms with Crippen LogP contribution in [0.2, 0.25) is 0 Å². The summed E-state index contributed by atoms with van der Waals surface area (Å²) < 4.78 is 11.1. The average Bonchev–Trinajstić information content (AvgIpc) is 2.71. The molecule has 1 aliphatic rings. The van der Waals surface area contributed by atoms with Crippen LogP contribution < -0.4 is 20.4 Å². The van der Waals surface area contributed by atoms with E-state index < -0.39 is 5.91 Å². The lowest BCUT2D eigenvalue weighted by Gasteiger charge is -2.28. The van der Waals surface area contributed by atoms with Crippen LogP contribution in [0.3, 0.4) is 0 Å². The van der Waals surface area contributed by atoms with E-state index in [0.29, 0.717) is 34.6 Å². The summed E-state index contributed by atoms with van der Waals surface area (Å²) in [6.07, 6.45) is 1.62. The Kier molecular flexibility index (Phi) is 4.87. The molecule has 152 valence electrons. The maximum Gasteiger partial charge on any atom is 0.291 e. The molecule has 0 spiro atoms. The van der Waals surface area contributed by atoms with Crippen LogP contribution in [0.1, 0.15) is 21.7 Å². The van der Waals surface area contributed by atoms with Crippen LogP contribution in [0.15, 0.2) is 58.3 Å². The molecule has 0 atom stereocenters. The van der Waals surface area contributed by atoms with Gasteiger partial charge in [-0.2, -0.15) is 0 Å². The Hall–Kier alpha value is -3.87. The Morgan fingerprint density at radius 2 is 1.93 bits per heavy atom. The number of fused-ring (bicyclic) bond motifs is 2. The standard InChI is InChI=1S/C23H20N2O5/c1-4-7-25-17-10-15(5-6-19(17)29-12-22(25)27)24-23(28)21-11-18(26)16-8-13(2)14(3)9-20(16)30-21/h4-6,8-11H,1,7,12H2,2-3H3,(H,24,28). The van der Waals surface area contributed by atoms with Crippen LogP contribution in [-0.2, 0) is 4.79 Å². The number of hydrogen-bond donors (Lipinski definition) is 1. The SMILES string of the molecule is C=CCN1C(=O)COc2ccc(NC(=O)c3cc(=O)c4cc(C)c(C)cc4o3)cc21. The highest BCUT2D eigenvalue weighted by atomic mass is 16.5. The number of carbonyl (C=O) groups excluding carboxylic acids is 2. The van der Waals surface area contributed by atoms with Crippen molar-refractivity contribution >= 4 is 34.2 Å². The second-order valence-corrected chi connectivity index (χ2v) is 7.13. The molecule has 4 rings (SSSR count). The van der Waals surface area contributed by atoms with Crippen molar-refractivity contribution in [2.24, 2.45) is 0 Å². The minimum atomic E-state index is -0.564. The minimum Gasteiger partial charge on any atom is -0.482 e. The third-order valence-electron chi connectivity index (χ3n) is 5.04. The van der Waals surface area contributed by atoms with Crippen LogP contribution in [0.4, 0.5) is 11.4 Å². The fourth-order valence-electron chi connectivity index (χ4n) is 3.33. The van der Waals surface area contributed by atoms with Gasteiger partial charge in [0.05, 0.1) is 11.1 Å². The predicted molar refractivity (Wildman–Crippen MR) is 114 cm³/mol. The molecule has 0 saturated heterocycles. The van der Waals surface area contributed by atoms with Crippen LogP contribution >= 0.6 is 0 Å². The first-order valence-corrected chi connectivity index (χ1v) is 9.42. The van der Waals surface area contributed by atoms with Gasteiger partial charge in [-0.15, -0.1) is 6.58 Å². The zero-order chi connectivity index (χ0) is 21.4. The molecule has 0 unspecified atom stereocenters. The van der Waals surface area contributed by atoms with E-state index in [1.807, 2.05) is 13.8 Å². The van der Waals surface area contributed by atoms with Gasteiger partial charge in [0, 0.05) is 18.3 Å². The zero-order valence-electron chi connectivity index (χ0n) is 16.7. The second kappa shape index (κ2) is 7.51. The Balaban J connectivity index is 1.66. The molecule has 2 amide bonds. The van der Waals surface area contributed by atoms with Crippen molar-refractivity contribution in [1.82, 2.24) is 0 Å². The third kappa shape index (κ3) is 3.45. The first-order valence-electron chi connectivity index (χ1n) is 9.42. The fourth-order valence-corrected chi connectivity index (χ4v) is 3.33.